The molecule has 1 N–H and O–H groups in total. The van der Waals surface area contributed by atoms with Gasteiger partial charge in [0.2, 0.25) is 5.91 Å². The Balaban J connectivity index is 2.69. The molecule has 4 heteroatoms. The van der Waals surface area contributed by atoms with Gasteiger partial charge in [-0.25, -0.2) is 0 Å². The number of benzene rings is 1. The highest BCUT2D eigenvalue weighted by Crippen LogP contribution is 2.19. The smallest absolute Gasteiger partial charge is 0.238 e. The second-order valence-electron chi connectivity index (χ2n) is 3.87. The molecule has 1 aromatic rings. The molecule has 0 radical (unpaired) electrons. The standard InChI is InChI=1S/C12H16BrNO2/c1-8(2)11(13)12(15)14-9-5-4-6-10(7-9)16-3/h4-8,11H,1-3H3,(H,14,15). The van der Waals surface area contributed by atoms with Gasteiger partial charge >= 0.3 is 0 Å². The third-order valence-electron chi connectivity index (χ3n) is 2.17. The van der Waals surface area contributed by atoms with Crippen molar-refractivity contribution in [1.29, 1.82) is 0 Å². The fourth-order valence-electron chi connectivity index (χ4n) is 1.21. The van der Waals surface area contributed by atoms with Gasteiger partial charge < -0.3 is 10.1 Å². The van der Waals surface area contributed by atoms with E-state index in [-0.39, 0.29) is 16.7 Å². The molecule has 0 aliphatic rings. The van der Waals surface area contributed by atoms with Gasteiger partial charge in [0.15, 0.2) is 0 Å². The van der Waals surface area contributed by atoms with Gasteiger partial charge in [-0.1, -0.05) is 35.8 Å². The Morgan fingerprint density at radius 1 is 1.44 bits per heavy atom. The zero-order valence-corrected chi connectivity index (χ0v) is 11.2. The predicted molar refractivity (Wildman–Crippen MR) is 69.2 cm³/mol. The Labute approximate surface area is 104 Å². The van der Waals surface area contributed by atoms with Gasteiger partial charge in [-0.2, -0.15) is 0 Å². The summed E-state index contributed by atoms with van der Waals surface area (Å²) in [4.78, 5) is 11.6. The summed E-state index contributed by atoms with van der Waals surface area (Å²) in [7, 11) is 1.60. The van der Waals surface area contributed by atoms with Gasteiger partial charge in [-0.05, 0) is 18.1 Å². The number of carbonyl (C=O) groups is 1. The Morgan fingerprint density at radius 3 is 2.69 bits per heavy atom. The van der Waals surface area contributed by atoms with Crippen LogP contribution in [0.2, 0.25) is 0 Å². The maximum Gasteiger partial charge on any atom is 0.238 e. The molecular formula is C12H16BrNO2. The Bertz CT molecular complexity index is 366. The van der Waals surface area contributed by atoms with Crippen LogP contribution in [0.5, 0.6) is 5.75 Å². The number of hydrogen-bond acceptors (Lipinski definition) is 2. The van der Waals surface area contributed by atoms with Crippen molar-refractivity contribution in [1.82, 2.24) is 0 Å². The van der Waals surface area contributed by atoms with E-state index in [1.807, 2.05) is 32.0 Å². The second kappa shape index (κ2) is 5.89. The summed E-state index contributed by atoms with van der Waals surface area (Å²) in [5.74, 6) is 0.947. The molecular weight excluding hydrogens is 270 g/mol. The molecule has 1 atom stereocenters. The van der Waals surface area contributed by atoms with Crippen molar-refractivity contribution in [3.63, 3.8) is 0 Å². The first kappa shape index (κ1) is 13.0. The number of rotatable bonds is 4. The number of halogens is 1. The molecule has 1 amide bonds. The molecule has 0 aliphatic heterocycles. The fraction of sp³-hybridized carbons (Fsp3) is 0.417. The van der Waals surface area contributed by atoms with Crippen LogP contribution in [-0.2, 0) is 4.79 Å². The molecule has 0 aromatic heterocycles. The minimum atomic E-state index is -0.182. The Hall–Kier alpha value is -1.03. The van der Waals surface area contributed by atoms with Crippen LogP contribution in [0.25, 0.3) is 0 Å². The van der Waals surface area contributed by atoms with Crippen molar-refractivity contribution in [2.45, 2.75) is 18.7 Å². The Morgan fingerprint density at radius 2 is 2.12 bits per heavy atom. The van der Waals surface area contributed by atoms with E-state index in [2.05, 4.69) is 21.2 Å². The summed E-state index contributed by atoms with van der Waals surface area (Å²) in [6.07, 6.45) is 0. The SMILES string of the molecule is COc1cccc(NC(=O)C(Br)C(C)C)c1. The highest BCUT2D eigenvalue weighted by atomic mass is 79.9. The first-order valence-electron chi connectivity index (χ1n) is 5.13. The van der Waals surface area contributed by atoms with Crippen LogP contribution < -0.4 is 10.1 Å². The minimum Gasteiger partial charge on any atom is -0.497 e. The average Bonchev–Trinajstić information content (AvgIpc) is 2.28. The predicted octanol–water partition coefficient (Wildman–Crippen LogP) is 3.05. The van der Waals surface area contributed by atoms with Crippen LogP contribution in [-0.4, -0.2) is 17.8 Å². The number of methoxy groups -OCH3 is 1. The molecule has 1 rings (SSSR count). The number of alkyl halides is 1. The van der Waals surface area contributed by atoms with Gasteiger partial charge in [0.05, 0.1) is 11.9 Å². The van der Waals surface area contributed by atoms with E-state index in [9.17, 15) is 4.79 Å². The van der Waals surface area contributed by atoms with Crippen LogP contribution in [0.1, 0.15) is 13.8 Å². The van der Waals surface area contributed by atoms with Crippen molar-refractivity contribution in [2.24, 2.45) is 5.92 Å². The zero-order valence-electron chi connectivity index (χ0n) is 9.66. The average molecular weight is 286 g/mol. The fourth-order valence-corrected chi connectivity index (χ4v) is 1.33. The normalized spacial score (nSPS) is 12.3. The van der Waals surface area contributed by atoms with E-state index < -0.39 is 0 Å². The van der Waals surface area contributed by atoms with Gasteiger partial charge in [-0.3, -0.25) is 4.79 Å². The van der Waals surface area contributed by atoms with Crippen LogP contribution in [0.4, 0.5) is 5.69 Å². The third-order valence-corrected chi connectivity index (χ3v) is 3.65. The van der Waals surface area contributed by atoms with E-state index in [4.69, 9.17) is 4.74 Å². The lowest BCUT2D eigenvalue weighted by Crippen LogP contribution is -2.26. The second-order valence-corrected chi connectivity index (χ2v) is 4.85. The molecule has 16 heavy (non-hydrogen) atoms. The number of anilines is 1. The topological polar surface area (TPSA) is 38.3 Å². The highest BCUT2D eigenvalue weighted by molar-refractivity contribution is 9.10. The lowest BCUT2D eigenvalue weighted by molar-refractivity contribution is -0.116. The molecule has 88 valence electrons. The lowest BCUT2D eigenvalue weighted by atomic mass is 10.1. The molecule has 0 saturated heterocycles. The van der Waals surface area contributed by atoms with Crippen LogP contribution in [0, 0.1) is 5.92 Å². The maximum atomic E-state index is 11.8. The van der Waals surface area contributed by atoms with E-state index in [1.165, 1.54) is 0 Å². The van der Waals surface area contributed by atoms with Gasteiger partial charge in [0.1, 0.15) is 5.75 Å². The molecule has 0 spiro atoms. The third kappa shape index (κ3) is 3.52. The van der Waals surface area contributed by atoms with Crippen molar-refractivity contribution in [3.05, 3.63) is 24.3 Å². The number of carbonyl (C=O) groups excluding carboxylic acids is 1. The van der Waals surface area contributed by atoms with E-state index in [0.29, 0.717) is 0 Å². The summed E-state index contributed by atoms with van der Waals surface area (Å²) in [5.41, 5.74) is 0.745. The molecule has 0 fully saturated rings. The van der Waals surface area contributed by atoms with Crippen LogP contribution in [0.3, 0.4) is 0 Å². The van der Waals surface area contributed by atoms with Crippen molar-refractivity contribution in [2.75, 3.05) is 12.4 Å². The van der Waals surface area contributed by atoms with Crippen molar-refractivity contribution >= 4 is 27.5 Å². The van der Waals surface area contributed by atoms with Crippen molar-refractivity contribution < 1.29 is 9.53 Å². The minimum absolute atomic E-state index is 0.0387. The summed E-state index contributed by atoms with van der Waals surface area (Å²) < 4.78 is 5.08. The number of amides is 1. The van der Waals surface area contributed by atoms with Gasteiger partial charge in [-0.15, -0.1) is 0 Å². The number of nitrogens with one attached hydrogen (secondary N) is 1. The monoisotopic (exact) mass is 285 g/mol. The van der Waals surface area contributed by atoms with E-state index in [1.54, 1.807) is 13.2 Å². The largest absolute Gasteiger partial charge is 0.497 e. The number of ether oxygens (including phenoxy) is 1. The summed E-state index contributed by atoms with van der Waals surface area (Å²) in [6, 6.07) is 7.30. The summed E-state index contributed by atoms with van der Waals surface area (Å²) >= 11 is 3.36. The lowest BCUT2D eigenvalue weighted by Gasteiger charge is -2.14. The molecule has 3 nitrogen and oxygen atoms in total. The molecule has 0 saturated carbocycles. The first-order chi connectivity index (χ1) is 7.54. The van der Waals surface area contributed by atoms with E-state index >= 15 is 0 Å². The van der Waals surface area contributed by atoms with Crippen LogP contribution in [0.15, 0.2) is 24.3 Å². The van der Waals surface area contributed by atoms with Crippen LogP contribution >= 0.6 is 15.9 Å². The van der Waals surface area contributed by atoms with Gasteiger partial charge in [0, 0.05) is 11.8 Å². The zero-order chi connectivity index (χ0) is 12.1. The Kier molecular flexibility index (Phi) is 4.80. The van der Waals surface area contributed by atoms with Gasteiger partial charge in [0.25, 0.3) is 0 Å². The molecule has 1 unspecified atom stereocenters. The van der Waals surface area contributed by atoms with Crippen molar-refractivity contribution in [3.8, 4) is 5.75 Å². The maximum absolute atomic E-state index is 11.8. The highest BCUT2D eigenvalue weighted by Gasteiger charge is 2.18. The molecule has 0 bridgehead atoms. The quantitative estimate of drug-likeness (QED) is 0.864. The molecule has 0 heterocycles. The summed E-state index contributed by atoms with van der Waals surface area (Å²) in [5, 5.41) is 2.83. The number of hydrogen-bond donors (Lipinski definition) is 1. The first-order valence-corrected chi connectivity index (χ1v) is 6.05. The summed E-state index contributed by atoms with van der Waals surface area (Å²) in [6.45, 7) is 3.98. The van der Waals surface area contributed by atoms with E-state index in [0.717, 1.165) is 11.4 Å². The molecule has 1 aromatic carbocycles. The molecule has 0 aliphatic carbocycles.